The van der Waals surface area contributed by atoms with Crippen LogP contribution in [0.4, 0.5) is 0 Å². The van der Waals surface area contributed by atoms with Crippen molar-refractivity contribution in [1.82, 2.24) is 15.6 Å². The van der Waals surface area contributed by atoms with Crippen molar-refractivity contribution in [3.63, 3.8) is 0 Å². The third-order valence-corrected chi connectivity index (χ3v) is 2.65. The van der Waals surface area contributed by atoms with Crippen LogP contribution in [0.1, 0.15) is 31.9 Å². The first-order valence-corrected chi connectivity index (χ1v) is 6.75. The highest BCUT2D eigenvalue weighted by Gasteiger charge is 1.93. The van der Waals surface area contributed by atoms with Gasteiger partial charge in [0.15, 0.2) is 0 Å². The van der Waals surface area contributed by atoms with E-state index in [0.29, 0.717) is 0 Å². The van der Waals surface area contributed by atoms with Gasteiger partial charge in [-0.25, -0.2) is 0 Å². The van der Waals surface area contributed by atoms with Crippen LogP contribution in [0.25, 0.3) is 0 Å². The standard InChI is InChI=1S/C14H25N3/c1-2-9-15-11-6-12-16-10-5-8-14-7-3-4-13-17-14/h3-4,7,13,15-16H,2,5-6,8-12H2,1H3. The average Bonchev–Trinajstić information content (AvgIpc) is 2.38. The van der Waals surface area contributed by atoms with Crippen molar-refractivity contribution in [2.75, 3.05) is 26.2 Å². The van der Waals surface area contributed by atoms with Crippen molar-refractivity contribution < 1.29 is 0 Å². The van der Waals surface area contributed by atoms with E-state index in [1.165, 1.54) is 25.0 Å². The van der Waals surface area contributed by atoms with Crippen molar-refractivity contribution in [2.45, 2.75) is 32.6 Å². The smallest absolute Gasteiger partial charge is 0.0404 e. The molecule has 0 bridgehead atoms. The maximum atomic E-state index is 4.31. The highest BCUT2D eigenvalue weighted by Crippen LogP contribution is 1.96. The second-order valence-corrected chi connectivity index (χ2v) is 4.28. The highest BCUT2D eigenvalue weighted by molar-refractivity contribution is 5.03. The number of nitrogens with one attached hydrogen (secondary N) is 2. The number of pyridine rings is 1. The molecule has 3 heteroatoms. The van der Waals surface area contributed by atoms with Gasteiger partial charge in [0.2, 0.25) is 0 Å². The van der Waals surface area contributed by atoms with Gasteiger partial charge in [-0.1, -0.05) is 13.0 Å². The molecule has 0 aliphatic carbocycles. The van der Waals surface area contributed by atoms with E-state index in [0.717, 1.165) is 32.6 Å². The SMILES string of the molecule is CCCNCCCNCCCc1ccccn1. The first-order chi connectivity index (χ1) is 8.43. The molecule has 0 radical (unpaired) electrons. The average molecular weight is 235 g/mol. The summed E-state index contributed by atoms with van der Waals surface area (Å²) in [5, 5.41) is 6.87. The molecule has 1 rings (SSSR count). The molecule has 0 aromatic carbocycles. The Morgan fingerprint density at radius 1 is 1.00 bits per heavy atom. The van der Waals surface area contributed by atoms with Crippen molar-refractivity contribution in [3.05, 3.63) is 30.1 Å². The van der Waals surface area contributed by atoms with Gasteiger partial charge in [-0.15, -0.1) is 0 Å². The minimum atomic E-state index is 1.07. The van der Waals surface area contributed by atoms with Gasteiger partial charge in [0.25, 0.3) is 0 Å². The zero-order valence-corrected chi connectivity index (χ0v) is 10.9. The zero-order chi connectivity index (χ0) is 12.2. The molecule has 0 atom stereocenters. The summed E-state index contributed by atoms with van der Waals surface area (Å²) < 4.78 is 0. The number of aromatic nitrogens is 1. The van der Waals surface area contributed by atoms with Gasteiger partial charge in [-0.2, -0.15) is 0 Å². The summed E-state index contributed by atoms with van der Waals surface area (Å²) in [7, 11) is 0. The molecule has 17 heavy (non-hydrogen) atoms. The molecular weight excluding hydrogens is 210 g/mol. The van der Waals surface area contributed by atoms with Crippen LogP contribution < -0.4 is 10.6 Å². The monoisotopic (exact) mass is 235 g/mol. The molecule has 3 nitrogen and oxygen atoms in total. The van der Waals surface area contributed by atoms with E-state index >= 15 is 0 Å². The molecule has 2 N–H and O–H groups in total. The van der Waals surface area contributed by atoms with Gasteiger partial charge < -0.3 is 10.6 Å². The fourth-order valence-corrected chi connectivity index (χ4v) is 1.71. The Morgan fingerprint density at radius 3 is 2.47 bits per heavy atom. The molecule has 0 saturated heterocycles. The predicted molar refractivity (Wildman–Crippen MR) is 73.2 cm³/mol. The van der Waals surface area contributed by atoms with E-state index in [2.05, 4.69) is 34.7 Å². The fraction of sp³-hybridized carbons (Fsp3) is 0.643. The van der Waals surface area contributed by atoms with E-state index in [1.807, 2.05) is 12.3 Å². The third kappa shape index (κ3) is 7.88. The summed E-state index contributed by atoms with van der Waals surface area (Å²) in [5.74, 6) is 0. The van der Waals surface area contributed by atoms with Crippen LogP contribution in [0, 0.1) is 0 Å². The number of rotatable bonds is 10. The van der Waals surface area contributed by atoms with Gasteiger partial charge >= 0.3 is 0 Å². The van der Waals surface area contributed by atoms with Crippen LogP contribution in [0.3, 0.4) is 0 Å². The Bertz CT molecular complexity index is 261. The third-order valence-electron chi connectivity index (χ3n) is 2.65. The van der Waals surface area contributed by atoms with E-state index in [9.17, 15) is 0 Å². The van der Waals surface area contributed by atoms with Gasteiger partial charge in [0.05, 0.1) is 0 Å². The number of nitrogens with zero attached hydrogens (tertiary/aromatic N) is 1. The molecule has 0 aliphatic heterocycles. The quantitative estimate of drug-likeness (QED) is 0.609. The zero-order valence-electron chi connectivity index (χ0n) is 10.9. The lowest BCUT2D eigenvalue weighted by atomic mass is 10.2. The number of hydrogen-bond donors (Lipinski definition) is 2. The lowest BCUT2D eigenvalue weighted by Gasteiger charge is -2.05. The first-order valence-electron chi connectivity index (χ1n) is 6.75. The van der Waals surface area contributed by atoms with Gasteiger partial charge in [0, 0.05) is 11.9 Å². The van der Waals surface area contributed by atoms with Gasteiger partial charge in [-0.05, 0) is 64.0 Å². The lowest BCUT2D eigenvalue weighted by Crippen LogP contribution is -2.23. The normalized spacial score (nSPS) is 10.6. The predicted octanol–water partition coefficient (Wildman–Crippen LogP) is 1.99. The van der Waals surface area contributed by atoms with Crippen molar-refractivity contribution in [1.29, 1.82) is 0 Å². The first kappa shape index (κ1) is 14.1. The Kier molecular flexibility index (Phi) is 8.51. The maximum Gasteiger partial charge on any atom is 0.0404 e. The van der Waals surface area contributed by atoms with Crippen molar-refractivity contribution in [3.8, 4) is 0 Å². The summed E-state index contributed by atoms with van der Waals surface area (Å²) >= 11 is 0. The molecule has 0 saturated carbocycles. The molecule has 96 valence electrons. The molecular formula is C14H25N3. The number of hydrogen-bond acceptors (Lipinski definition) is 3. The Labute approximate surface area is 105 Å². The molecule has 0 unspecified atom stereocenters. The second kappa shape index (κ2) is 10.2. The largest absolute Gasteiger partial charge is 0.317 e. The molecule has 0 spiro atoms. The Hall–Kier alpha value is -0.930. The summed E-state index contributed by atoms with van der Waals surface area (Å²) in [4.78, 5) is 4.31. The van der Waals surface area contributed by atoms with Crippen LogP contribution in [0.2, 0.25) is 0 Å². The van der Waals surface area contributed by atoms with E-state index < -0.39 is 0 Å². The minimum Gasteiger partial charge on any atom is -0.317 e. The molecule has 1 aromatic rings. The lowest BCUT2D eigenvalue weighted by molar-refractivity contribution is 0.581. The van der Waals surface area contributed by atoms with Crippen LogP contribution in [-0.2, 0) is 6.42 Å². The Balaban J connectivity index is 1.85. The second-order valence-electron chi connectivity index (χ2n) is 4.28. The van der Waals surface area contributed by atoms with E-state index in [-0.39, 0.29) is 0 Å². The fourth-order valence-electron chi connectivity index (χ4n) is 1.71. The highest BCUT2D eigenvalue weighted by atomic mass is 14.9. The molecule has 0 amide bonds. The van der Waals surface area contributed by atoms with Crippen LogP contribution >= 0.6 is 0 Å². The minimum absolute atomic E-state index is 1.07. The van der Waals surface area contributed by atoms with E-state index in [4.69, 9.17) is 0 Å². The molecule has 1 aromatic heterocycles. The molecule has 0 fully saturated rings. The van der Waals surface area contributed by atoms with Crippen LogP contribution in [-0.4, -0.2) is 31.2 Å². The van der Waals surface area contributed by atoms with Gasteiger partial charge in [0.1, 0.15) is 0 Å². The molecule has 1 heterocycles. The summed E-state index contributed by atoms with van der Waals surface area (Å²) in [6.07, 6.45) is 6.53. The van der Waals surface area contributed by atoms with Crippen LogP contribution in [0.15, 0.2) is 24.4 Å². The van der Waals surface area contributed by atoms with Gasteiger partial charge in [-0.3, -0.25) is 4.98 Å². The number of aryl methyl sites for hydroxylation is 1. The van der Waals surface area contributed by atoms with Crippen molar-refractivity contribution >= 4 is 0 Å². The topological polar surface area (TPSA) is 37.0 Å². The van der Waals surface area contributed by atoms with Crippen LogP contribution in [0.5, 0.6) is 0 Å². The molecule has 0 aliphatic rings. The van der Waals surface area contributed by atoms with E-state index in [1.54, 1.807) is 0 Å². The Morgan fingerprint density at radius 2 is 1.76 bits per heavy atom. The summed E-state index contributed by atoms with van der Waals surface area (Å²) in [5.41, 5.74) is 1.19. The summed E-state index contributed by atoms with van der Waals surface area (Å²) in [6, 6.07) is 6.11. The van der Waals surface area contributed by atoms with Crippen molar-refractivity contribution in [2.24, 2.45) is 0 Å². The summed E-state index contributed by atoms with van der Waals surface area (Å²) in [6.45, 7) is 6.66. The maximum absolute atomic E-state index is 4.31.